The Morgan fingerprint density at radius 1 is 0.536 bits per heavy atom. The molecule has 1 fully saturated rings. The molecule has 0 saturated carbocycles. The van der Waals surface area contributed by atoms with Crippen molar-refractivity contribution in [3.05, 3.63) is 192 Å². The lowest BCUT2D eigenvalue weighted by atomic mass is 9.72. The Labute approximate surface area is 334 Å². The summed E-state index contributed by atoms with van der Waals surface area (Å²) in [6.45, 7) is 0. The molecule has 3 aromatic rings. The predicted molar refractivity (Wildman–Crippen MR) is 234 cm³/mol. The second-order valence-electron chi connectivity index (χ2n) is 17.6. The first-order chi connectivity index (χ1) is 27.8. The molecule has 0 bridgehead atoms. The van der Waals surface area contributed by atoms with Gasteiger partial charge in [0.2, 0.25) is 0 Å². The number of hydrogen-bond donors (Lipinski definition) is 0. The van der Waals surface area contributed by atoms with E-state index in [1.807, 2.05) is 0 Å². The summed E-state index contributed by atoms with van der Waals surface area (Å²) in [5, 5.41) is 0. The van der Waals surface area contributed by atoms with E-state index in [4.69, 9.17) is 0 Å². The van der Waals surface area contributed by atoms with Crippen molar-refractivity contribution in [2.24, 2.45) is 29.6 Å². The normalized spacial score (nSPS) is 33.0. The van der Waals surface area contributed by atoms with Crippen LogP contribution in [0.4, 0.5) is 5.69 Å². The summed E-state index contributed by atoms with van der Waals surface area (Å²) >= 11 is 0. The summed E-state index contributed by atoms with van der Waals surface area (Å²) in [6, 6.07) is 33.9. The molecule has 2 aliphatic heterocycles. The first kappa shape index (κ1) is 34.3. The number of hydrogen-bond acceptors (Lipinski definition) is 2. The third-order valence-electron chi connectivity index (χ3n) is 14.6. The van der Waals surface area contributed by atoms with E-state index in [0.29, 0.717) is 53.8 Å². The summed E-state index contributed by atoms with van der Waals surface area (Å²) in [5.74, 6) is 2.72. The topological polar surface area (TPSA) is 6.48 Å². The van der Waals surface area contributed by atoms with Gasteiger partial charge in [-0.05, 0) is 121 Å². The Balaban J connectivity index is 0.899. The van der Waals surface area contributed by atoms with Crippen molar-refractivity contribution in [1.29, 1.82) is 0 Å². The van der Waals surface area contributed by atoms with Gasteiger partial charge in [-0.3, -0.25) is 4.90 Å². The highest BCUT2D eigenvalue weighted by atomic mass is 15.3. The smallest absolute Gasteiger partial charge is 0.0446 e. The molecule has 8 aliphatic rings. The van der Waals surface area contributed by atoms with E-state index < -0.39 is 0 Å². The van der Waals surface area contributed by atoms with Gasteiger partial charge in [0.25, 0.3) is 0 Å². The zero-order chi connectivity index (χ0) is 37.0. The first-order valence-electron chi connectivity index (χ1n) is 21.8. The molecule has 11 rings (SSSR count). The number of nitrogens with zero attached hydrogens (tertiary/aromatic N) is 2. The zero-order valence-corrected chi connectivity index (χ0v) is 32.5. The van der Waals surface area contributed by atoms with Gasteiger partial charge in [0, 0.05) is 53.3 Å². The maximum absolute atomic E-state index is 3.05. The molecule has 0 aromatic heterocycles. The molecule has 1 saturated heterocycles. The molecular formula is C54H54N2. The average molecular weight is 731 g/mol. The highest BCUT2D eigenvalue weighted by Crippen LogP contribution is 2.53. The minimum atomic E-state index is 0.380. The van der Waals surface area contributed by atoms with E-state index in [1.54, 1.807) is 11.3 Å². The van der Waals surface area contributed by atoms with Crippen LogP contribution >= 0.6 is 0 Å². The summed E-state index contributed by atoms with van der Waals surface area (Å²) in [6.07, 6.45) is 43.3. The Bertz CT molecular complexity index is 2240. The molecule has 6 aliphatic carbocycles. The summed E-state index contributed by atoms with van der Waals surface area (Å²) in [7, 11) is 0. The Kier molecular flexibility index (Phi) is 8.92. The largest absolute Gasteiger partial charge is 0.341 e. The van der Waals surface area contributed by atoms with Crippen LogP contribution in [0.1, 0.15) is 74.5 Å². The van der Waals surface area contributed by atoms with Crippen molar-refractivity contribution >= 4 is 22.4 Å². The molecule has 56 heavy (non-hydrogen) atoms. The fraction of sp³-hybridized carbons (Fsp3) is 0.333. The summed E-state index contributed by atoms with van der Waals surface area (Å²) in [4.78, 5) is 5.83. The third kappa shape index (κ3) is 6.04. The van der Waals surface area contributed by atoms with E-state index in [0.717, 1.165) is 25.7 Å². The minimum absolute atomic E-state index is 0.380. The van der Waals surface area contributed by atoms with Crippen LogP contribution in [0.25, 0.3) is 16.7 Å². The molecule has 0 N–H and O–H groups in total. The average Bonchev–Trinajstić information content (AvgIpc) is 3.79. The molecule has 9 unspecified atom stereocenters. The lowest BCUT2D eigenvalue weighted by molar-refractivity contribution is 0.117. The van der Waals surface area contributed by atoms with Gasteiger partial charge in [0.1, 0.15) is 0 Å². The monoisotopic (exact) mass is 730 g/mol. The van der Waals surface area contributed by atoms with E-state index in [1.165, 1.54) is 71.2 Å². The molecular weight excluding hydrogens is 677 g/mol. The molecule has 2 heteroatoms. The van der Waals surface area contributed by atoms with Gasteiger partial charge in [0.05, 0.1) is 0 Å². The van der Waals surface area contributed by atoms with Gasteiger partial charge < -0.3 is 4.90 Å². The van der Waals surface area contributed by atoms with Gasteiger partial charge in [-0.2, -0.15) is 0 Å². The SMILES string of the molecule is C1=CC(c2ccc(N3C4=C(C=CC(C5C=CC6C7C=CCCC7N(C7C=C(c8ccccc8)C=C(c8ccccc8)C7)C6C5)C4)C4C=CCCC43)cc2)=CCC1. The fourth-order valence-electron chi connectivity index (χ4n) is 12.1. The van der Waals surface area contributed by atoms with E-state index >= 15 is 0 Å². The van der Waals surface area contributed by atoms with Gasteiger partial charge in [-0.1, -0.05) is 152 Å². The number of benzene rings is 3. The van der Waals surface area contributed by atoms with Crippen LogP contribution in [0.15, 0.2) is 175 Å². The number of allylic oxidation sites excluding steroid dienone is 12. The van der Waals surface area contributed by atoms with Crippen LogP contribution in [0.2, 0.25) is 0 Å². The second-order valence-corrected chi connectivity index (χ2v) is 17.6. The van der Waals surface area contributed by atoms with E-state index in [9.17, 15) is 0 Å². The molecule has 2 heterocycles. The van der Waals surface area contributed by atoms with Crippen molar-refractivity contribution in [1.82, 2.24) is 4.90 Å². The predicted octanol–water partition coefficient (Wildman–Crippen LogP) is 12.6. The van der Waals surface area contributed by atoms with Gasteiger partial charge in [0.15, 0.2) is 0 Å². The Morgan fingerprint density at radius 2 is 1.29 bits per heavy atom. The van der Waals surface area contributed by atoms with E-state index in [2.05, 4.69) is 174 Å². The lowest BCUT2D eigenvalue weighted by Crippen LogP contribution is -2.47. The van der Waals surface area contributed by atoms with Crippen LogP contribution in [0.3, 0.4) is 0 Å². The third-order valence-corrected chi connectivity index (χ3v) is 14.6. The van der Waals surface area contributed by atoms with Crippen molar-refractivity contribution in [3.63, 3.8) is 0 Å². The standard InChI is InChI=1S/C54H54N2/c1-4-14-37(15-5-1)40-24-28-45(29-25-40)55-51-22-12-10-20-47(51)49-30-26-41(35-53(49)55)42-27-31-50-48-21-11-13-23-52(48)56(54(50)36-42)46-33-43(38-16-6-2-7-17-38)32-44(34-46)39-18-8-3-9-19-39/h2-4,6-11,14-21,24-33,41-42,46-48,50-52,54H,1,5,12-13,22-23,34-36H2. The number of fused-ring (bicyclic) bond motifs is 5. The van der Waals surface area contributed by atoms with Crippen molar-refractivity contribution in [2.75, 3.05) is 4.90 Å². The lowest BCUT2D eigenvalue weighted by Gasteiger charge is -2.42. The fourth-order valence-corrected chi connectivity index (χ4v) is 12.1. The molecule has 280 valence electrons. The van der Waals surface area contributed by atoms with Gasteiger partial charge in [-0.25, -0.2) is 0 Å². The molecule has 3 aromatic carbocycles. The highest BCUT2D eigenvalue weighted by molar-refractivity contribution is 5.86. The molecule has 2 nitrogen and oxygen atoms in total. The van der Waals surface area contributed by atoms with Crippen LogP contribution < -0.4 is 4.90 Å². The van der Waals surface area contributed by atoms with Crippen LogP contribution in [-0.2, 0) is 0 Å². The van der Waals surface area contributed by atoms with Crippen LogP contribution in [-0.4, -0.2) is 29.1 Å². The molecule has 0 spiro atoms. The van der Waals surface area contributed by atoms with Crippen molar-refractivity contribution in [2.45, 2.75) is 82.0 Å². The second kappa shape index (κ2) is 14.5. The molecule has 0 radical (unpaired) electrons. The number of likely N-dealkylation sites (tertiary alicyclic amines) is 1. The molecule has 9 atom stereocenters. The zero-order valence-electron chi connectivity index (χ0n) is 32.5. The minimum Gasteiger partial charge on any atom is -0.341 e. The van der Waals surface area contributed by atoms with Crippen molar-refractivity contribution < 1.29 is 0 Å². The quantitative estimate of drug-likeness (QED) is 0.233. The van der Waals surface area contributed by atoms with Crippen molar-refractivity contribution in [3.8, 4) is 0 Å². The molecule has 0 amide bonds. The number of anilines is 1. The van der Waals surface area contributed by atoms with Gasteiger partial charge >= 0.3 is 0 Å². The van der Waals surface area contributed by atoms with E-state index in [-0.39, 0.29) is 0 Å². The summed E-state index contributed by atoms with van der Waals surface area (Å²) < 4.78 is 0. The maximum atomic E-state index is 3.05. The highest BCUT2D eigenvalue weighted by Gasteiger charge is 2.52. The summed E-state index contributed by atoms with van der Waals surface area (Å²) in [5.41, 5.74) is 12.8. The van der Waals surface area contributed by atoms with Crippen LogP contribution in [0, 0.1) is 29.6 Å². The Morgan fingerprint density at radius 3 is 2.09 bits per heavy atom. The number of rotatable bonds is 6. The van der Waals surface area contributed by atoms with Crippen LogP contribution in [0.5, 0.6) is 0 Å². The first-order valence-corrected chi connectivity index (χ1v) is 21.8. The van der Waals surface area contributed by atoms with Gasteiger partial charge in [-0.15, -0.1) is 0 Å². The maximum Gasteiger partial charge on any atom is 0.0446 e. The Hall–Kier alpha value is -4.92.